The normalized spacial score (nSPS) is 16.8. The summed E-state index contributed by atoms with van der Waals surface area (Å²) in [7, 11) is 0. The van der Waals surface area contributed by atoms with Gasteiger partial charge in [0.2, 0.25) is 0 Å². The van der Waals surface area contributed by atoms with Crippen LogP contribution in [0.1, 0.15) is 6.42 Å². The molecule has 0 radical (unpaired) electrons. The molecule has 2 rings (SSSR count). The first-order valence-electron chi connectivity index (χ1n) is 6.75. The lowest BCUT2D eigenvalue weighted by molar-refractivity contribution is -0.384. The summed E-state index contributed by atoms with van der Waals surface area (Å²) < 4.78 is 27.4. The van der Waals surface area contributed by atoms with E-state index >= 15 is 0 Å². The molecule has 116 valence electrons. The van der Waals surface area contributed by atoms with Crippen LogP contribution in [0.5, 0.6) is 0 Å². The van der Waals surface area contributed by atoms with Gasteiger partial charge in [-0.25, -0.2) is 8.78 Å². The molecule has 0 aliphatic carbocycles. The maximum atomic E-state index is 14.0. The van der Waals surface area contributed by atoms with Gasteiger partial charge in [0.25, 0.3) is 5.69 Å². The number of anilines is 1. The van der Waals surface area contributed by atoms with Crippen molar-refractivity contribution in [3.05, 3.63) is 33.9 Å². The van der Waals surface area contributed by atoms with E-state index in [0.29, 0.717) is 39.1 Å². The van der Waals surface area contributed by atoms with Gasteiger partial charge in [-0.1, -0.05) is 0 Å². The van der Waals surface area contributed by atoms with Crippen molar-refractivity contribution in [2.45, 2.75) is 6.42 Å². The highest BCUT2D eigenvalue weighted by Crippen LogP contribution is 2.33. The first-order chi connectivity index (χ1) is 10.0. The second-order valence-corrected chi connectivity index (χ2v) is 4.89. The van der Waals surface area contributed by atoms with Crippen LogP contribution in [-0.2, 0) is 0 Å². The Morgan fingerprint density at radius 1 is 1.24 bits per heavy atom. The molecule has 6 nitrogen and oxygen atoms in total. The van der Waals surface area contributed by atoms with Crippen LogP contribution in [0.25, 0.3) is 0 Å². The Morgan fingerprint density at radius 3 is 2.67 bits per heavy atom. The van der Waals surface area contributed by atoms with Gasteiger partial charge in [0, 0.05) is 32.2 Å². The fourth-order valence-corrected chi connectivity index (χ4v) is 2.54. The van der Waals surface area contributed by atoms with Crippen LogP contribution in [0.4, 0.5) is 20.2 Å². The summed E-state index contributed by atoms with van der Waals surface area (Å²) in [6, 6.07) is 1.76. The molecule has 0 aromatic heterocycles. The molecule has 1 aromatic carbocycles. The number of nitro benzene ring substituents is 1. The molecule has 1 aliphatic rings. The van der Waals surface area contributed by atoms with Crippen LogP contribution < -0.4 is 4.90 Å². The Morgan fingerprint density at radius 2 is 2.00 bits per heavy atom. The summed E-state index contributed by atoms with van der Waals surface area (Å²) in [5.41, 5.74) is -0.713. The maximum absolute atomic E-state index is 14.0. The second-order valence-electron chi connectivity index (χ2n) is 4.89. The minimum atomic E-state index is -1.18. The van der Waals surface area contributed by atoms with Gasteiger partial charge in [-0.05, 0) is 19.0 Å². The Balaban J connectivity index is 2.28. The monoisotopic (exact) mass is 301 g/mol. The van der Waals surface area contributed by atoms with Gasteiger partial charge < -0.3 is 10.0 Å². The summed E-state index contributed by atoms with van der Waals surface area (Å²) in [6.07, 6.45) is 0.660. The number of hydrogen-bond acceptors (Lipinski definition) is 5. The predicted octanol–water partition coefficient (Wildman–Crippen LogP) is 1.38. The molecule has 0 spiro atoms. The Bertz CT molecular complexity index is 528. The number of nitrogens with zero attached hydrogens (tertiary/aromatic N) is 3. The summed E-state index contributed by atoms with van der Waals surface area (Å²) in [5.74, 6) is -2.27. The first kappa shape index (κ1) is 15.6. The van der Waals surface area contributed by atoms with Crippen LogP contribution in [0, 0.1) is 21.7 Å². The van der Waals surface area contributed by atoms with E-state index in [9.17, 15) is 18.9 Å². The van der Waals surface area contributed by atoms with Crippen molar-refractivity contribution >= 4 is 11.4 Å². The maximum Gasteiger partial charge on any atom is 0.295 e. The molecule has 0 bridgehead atoms. The average Bonchev–Trinajstić information content (AvgIpc) is 2.67. The fourth-order valence-electron chi connectivity index (χ4n) is 2.54. The molecule has 0 amide bonds. The van der Waals surface area contributed by atoms with Gasteiger partial charge in [0.1, 0.15) is 0 Å². The molecule has 0 saturated carbocycles. The van der Waals surface area contributed by atoms with Gasteiger partial charge in [-0.15, -0.1) is 0 Å². The Kier molecular flexibility index (Phi) is 5.03. The molecule has 1 aliphatic heterocycles. The zero-order valence-electron chi connectivity index (χ0n) is 11.5. The third-order valence-corrected chi connectivity index (χ3v) is 3.57. The van der Waals surface area contributed by atoms with Crippen LogP contribution in [-0.4, -0.2) is 54.3 Å². The van der Waals surface area contributed by atoms with Crippen molar-refractivity contribution in [3.8, 4) is 0 Å². The quantitative estimate of drug-likeness (QED) is 0.672. The SMILES string of the molecule is O=[N+]([O-])c1ccc(F)c(F)c1N1CCCN(CCO)CC1. The topological polar surface area (TPSA) is 69.9 Å². The van der Waals surface area contributed by atoms with Crippen LogP contribution >= 0.6 is 0 Å². The lowest BCUT2D eigenvalue weighted by Crippen LogP contribution is -2.33. The van der Waals surface area contributed by atoms with Gasteiger partial charge in [-0.2, -0.15) is 0 Å². The molecule has 0 unspecified atom stereocenters. The van der Waals surface area contributed by atoms with Crippen molar-refractivity contribution in [1.82, 2.24) is 4.90 Å². The molecule has 1 saturated heterocycles. The molecule has 1 N–H and O–H groups in total. The average molecular weight is 301 g/mol. The molecule has 8 heteroatoms. The molecule has 1 heterocycles. The van der Waals surface area contributed by atoms with Crippen molar-refractivity contribution < 1.29 is 18.8 Å². The van der Waals surface area contributed by atoms with Crippen LogP contribution in [0.3, 0.4) is 0 Å². The second kappa shape index (κ2) is 6.77. The van der Waals surface area contributed by atoms with Crippen molar-refractivity contribution in [2.24, 2.45) is 0 Å². The van der Waals surface area contributed by atoms with E-state index in [2.05, 4.69) is 0 Å². The number of halogens is 2. The number of aliphatic hydroxyl groups is 1. The molecule has 21 heavy (non-hydrogen) atoms. The highest BCUT2D eigenvalue weighted by molar-refractivity contribution is 5.64. The van der Waals surface area contributed by atoms with E-state index in [-0.39, 0.29) is 12.3 Å². The van der Waals surface area contributed by atoms with Crippen LogP contribution in [0.2, 0.25) is 0 Å². The molecule has 1 fully saturated rings. The third-order valence-electron chi connectivity index (χ3n) is 3.57. The standard InChI is InChI=1S/C13H17F2N3O3/c14-10-2-3-11(18(20)21)13(12(10)15)17-5-1-4-16(6-7-17)8-9-19/h2-3,19H,1,4-9H2. The molecule has 1 aromatic rings. The van der Waals surface area contributed by atoms with E-state index < -0.39 is 22.2 Å². The number of rotatable bonds is 4. The van der Waals surface area contributed by atoms with E-state index in [1.165, 1.54) is 4.90 Å². The Hall–Kier alpha value is -1.80. The highest BCUT2D eigenvalue weighted by Gasteiger charge is 2.27. The molecule has 0 atom stereocenters. The molecular weight excluding hydrogens is 284 g/mol. The van der Waals surface area contributed by atoms with Gasteiger partial charge >= 0.3 is 0 Å². The third kappa shape index (κ3) is 3.45. The predicted molar refractivity (Wildman–Crippen MR) is 73.4 cm³/mol. The first-order valence-corrected chi connectivity index (χ1v) is 6.75. The largest absolute Gasteiger partial charge is 0.395 e. The lowest BCUT2D eigenvalue weighted by atomic mass is 10.2. The number of nitro groups is 1. The number of benzene rings is 1. The number of aliphatic hydroxyl groups excluding tert-OH is 1. The minimum absolute atomic E-state index is 0.0223. The van der Waals surface area contributed by atoms with E-state index in [0.717, 1.165) is 12.1 Å². The fraction of sp³-hybridized carbons (Fsp3) is 0.538. The molecular formula is C13H17F2N3O3. The summed E-state index contributed by atoms with van der Waals surface area (Å²) in [4.78, 5) is 13.8. The van der Waals surface area contributed by atoms with E-state index in [1.54, 1.807) is 0 Å². The summed E-state index contributed by atoms with van der Waals surface area (Å²) in [5, 5.41) is 20.0. The summed E-state index contributed by atoms with van der Waals surface area (Å²) >= 11 is 0. The minimum Gasteiger partial charge on any atom is -0.395 e. The van der Waals surface area contributed by atoms with E-state index in [4.69, 9.17) is 5.11 Å². The van der Waals surface area contributed by atoms with Crippen molar-refractivity contribution in [3.63, 3.8) is 0 Å². The number of β-amino-alcohol motifs (C(OH)–C–C–N with tert-alkyl or cyclic N) is 1. The zero-order chi connectivity index (χ0) is 15.4. The smallest absolute Gasteiger partial charge is 0.295 e. The number of hydrogen-bond donors (Lipinski definition) is 1. The zero-order valence-corrected chi connectivity index (χ0v) is 11.5. The van der Waals surface area contributed by atoms with Crippen molar-refractivity contribution in [1.29, 1.82) is 0 Å². The van der Waals surface area contributed by atoms with Crippen molar-refractivity contribution in [2.75, 3.05) is 44.2 Å². The van der Waals surface area contributed by atoms with E-state index in [1.807, 2.05) is 4.90 Å². The van der Waals surface area contributed by atoms with Gasteiger partial charge in [0.05, 0.1) is 11.5 Å². The van der Waals surface area contributed by atoms with Gasteiger partial charge in [0.15, 0.2) is 17.3 Å². The van der Waals surface area contributed by atoms with Gasteiger partial charge in [-0.3, -0.25) is 15.0 Å². The summed E-state index contributed by atoms with van der Waals surface area (Å²) in [6.45, 7) is 2.52. The van der Waals surface area contributed by atoms with Crippen LogP contribution in [0.15, 0.2) is 12.1 Å². The lowest BCUT2D eigenvalue weighted by Gasteiger charge is -2.23. The highest BCUT2D eigenvalue weighted by atomic mass is 19.2. The Labute approximate surface area is 120 Å².